The van der Waals surface area contributed by atoms with Gasteiger partial charge in [-0.2, -0.15) is 0 Å². The van der Waals surface area contributed by atoms with Crippen LogP contribution in [0.25, 0.3) is 10.9 Å². The Balaban J connectivity index is 2.15. The van der Waals surface area contributed by atoms with Crippen LogP contribution in [-0.2, 0) is 40.0 Å². The zero-order valence-corrected chi connectivity index (χ0v) is 21.8. The lowest BCUT2D eigenvalue weighted by molar-refractivity contribution is -0.144. The van der Waals surface area contributed by atoms with Gasteiger partial charge in [-0.15, -0.1) is 0 Å². The van der Waals surface area contributed by atoms with E-state index in [2.05, 4.69) is 20.9 Å². The monoisotopic (exact) mass is 576 g/mol. The van der Waals surface area contributed by atoms with Crippen LogP contribution in [0.15, 0.2) is 30.5 Å². The van der Waals surface area contributed by atoms with E-state index in [-0.39, 0.29) is 6.42 Å². The summed E-state index contributed by atoms with van der Waals surface area (Å²) < 4.78 is 0. The molecule has 0 aliphatic heterocycles. The molecule has 0 aliphatic rings. The third kappa shape index (κ3) is 10.2. The molecule has 4 amide bonds. The summed E-state index contributed by atoms with van der Waals surface area (Å²) in [5, 5.41) is 34.6. The third-order valence-corrected chi connectivity index (χ3v) is 6.03. The molecule has 2 aromatic rings. The molecule has 41 heavy (non-hydrogen) atoms. The number of hydrogen-bond donors (Lipinski definition) is 9. The van der Waals surface area contributed by atoms with Gasteiger partial charge in [-0.25, -0.2) is 4.79 Å². The van der Waals surface area contributed by atoms with Crippen molar-refractivity contribution in [3.63, 3.8) is 0 Å². The second kappa shape index (κ2) is 15.0. The Kier molecular flexibility index (Phi) is 11.8. The van der Waals surface area contributed by atoms with Gasteiger partial charge in [0.1, 0.15) is 18.1 Å². The van der Waals surface area contributed by atoms with Crippen molar-refractivity contribution in [1.29, 1.82) is 0 Å². The summed E-state index contributed by atoms with van der Waals surface area (Å²) in [6.07, 6.45) is -1.13. The summed E-state index contributed by atoms with van der Waals surface area (Å²) in [4.78, 5) is 86.7. The fourth-order valence-electron chi connectivity index (χ4n) is 3.93. The Hall–Kier alpha value is -4.99. The second-order valence-electron chi connectivity index (χ2n) is 9.23. The number of aliphatic carboxylic acids is 3. The molecule has 4 unspecified atom stereocenters. The minimum atomic E-state index is -1.65. The molecule has 16 heteroatoms. The van der Waals surface area contributed by atoms with Gasteiger partial charge < -0.3 is 47.7 Å². The molecule has 1 aromatic carbocycles. The average molecular weight is 577 g/mol. The van der Waals surface area contributed by atoms with Crippen molar-refractivity contribution >= 4 is 52.4 Å². The highest BCUT2D eigenvalue weighted by molar-refractivity contribution is 5.96. The first kappa shape index (κ1) is 32.2. The van der Waals surface area contributed by atoms with Gasteiger partial charge in [-0.1, -0.05) is 18.2 Å². The highest BCUT2D eigenvalue weighted by Crippen LogP contribution is 2.18. The lowest BCUT2D eigenvalue weighted by atomic mass is 10.0. The van der Waals surface area contributed by atoms with E-state index < -0.39 is 97.8 Å². The van der Waals surface area contributed by atoms with Crippen molar-refractivity contribution < 1.29 is 48.9 Å². The molecule has 222 valence electrons. The second-order valence-corrected chi connectivity index (χ2v) is 9.23. The smallest absolute Gasteiger partial charge is 0.326 e. The number of aromatic amines is 1. The molecule has 1 heterocycles. The van der Waals surface area contributed by atoms with E-state index in [4.69, 9.17) is 21.7 Å². The zero-order valence-electron chi connectivity index (χ0n) is 21.8. The maximum Gasteiger partial charge on any atom is 0.326 e. The van der Waals surface area contributed by atoms with Gasteiger partial charge in [0.25, 0.3) is 0 Å². The van der Waals surface area contributed by atoms with E-state index in [0.717, 1.165) is 16.5 Å². The van der Waals surface area contributed by atoms with E-state index in [1.807, 2.05) is 18.2 Å². The molecule has 2 rings (SSSR count). The Morgan fingerprint density at radius 3 is 1.90 bits per heavy atom. The number of benzene rings is 1. The summed E-state index contributed by atoms with van der Waals surface area (Å²) >= 11 is 0. The first-order chi connectivity index (χ1) is 19.3. The Bertz CT molecular complexity index is 1310. The van der Waals surface area contributed by atoms with Crippen molar-refractivity contribution in [2.75, 3.05) is 0 Å². The first-order valence-corrected chi connectivity index (χ1v) is 12.4. The molecule has 1 aromatic heterocycles. The number of primary amides is 1. The molecule has 0 saturated carbocycles. The zero-order chi connectivity index (χ0) is 30.7. The van der Waals surface area contributed by atoms with E-state index in [1.165, 1.54) is 0 Å². The van der Waals surface area contributed by atoms with Crippen LogP contribution in [0.3, 0.4) is 0 Å². The van der Waals surface area contributed by atoms with Crippen molar-refractivity contribution in [1.82, 2.24) is 20.9 Å². The van der Waals surface area contributed by atoms with Gasteiger partial charge in [-0.05, 0) is 30.9 Å². The third-order valence-electron chi connectivity index (χ3n) is 6.03. The van der Waals surface area contributed by atoms with Crippen LogP contribution in [0.2, 0.25) is 0 Å². The van der Waals surface area contributed by atoms with Crippen LogP contribution in [0.5, 0.6) is 0 Å². The molecular formula is C25H32N6O10. The number of amides is 4. The molecule has 0 saturated heterocycles. The number of aromatic nitrogens is 1. The number of para-hydroxylation sites is 1. The summed E-state index contributed by atoms with van der Waals surface area (Å²) in [6.45, 7) is 0. The highest BCUT2D eigenvalue weighted by Gasteiger charge is 2.31. The quantitative estimate of drug-likeness (QED) is 0.101. The Morgan fingerprint density at radius 2 is 1.32 bits per heavy atom. The lowest BCUT2D eigenvalue weighted by Gasteiger charge is -2.24. The summed E-state index contributed by atoms with van der Waals surface area (Å²) in [6, 6.07) is 1.27. The molecule has 0 radical (unpaired) electrons. The predicted molar refractivity (Wildman–Crippen MR) is 141 cm³/mol. The number of carboxylic acid groups (broad SMARTS) is 3. The largest absolute Gasteiger partial charge is 0.481 e. The SMILES string of the molecule is NC(=O)CC(NC(=O)C(N)Cc1c[nH]c2ccccc12)C(=O)NC(CCC(=O)O)C(=O)NC(CCC(=O)O)C(=O)O. The molecule has 0 bridgehead atoms. The van der Waals surface area contributed by atoms with Crippen molar-refractivity contribution in [3.8, 4) is 0 Å². The number of carboxylic acids is 3. The maximum atomic E-state index is 13.0. The standard InChI is InChI=1S/C25H32N6O10/c26-14(9-12-11-28-15-4-2-1-3-13(12)15)22(37)31-18(10-19(27)32)24(39)29-16(5-7-20(33)34)23(38)30-17(25(40)41)6-8-21(35)36/h1-4,11,14,16-18,28H,5-10,26H2,(H2,27,32)(H,29,39)(H,30,38)(H,31,37)(H,33,34)(H,35,36)(H,40,41). The van der Waals surface area contributed by atoms with Crippen molar-refractivity contribution in [2.24, 2.45) is 11.5 Å². The van der Waals surface area contributed by atoms with E-state index in [1.54, 1.807) is 12.3 Å². The first-order valence-electron chi connectivity index (χ1n) is 12.4. The summed E-state index contributed by atoms with van der Waals surface area (Å²) in [5.41, 5.74) is 12.8. The minimum Gasteiger partial charge on any atom is -0.481 e. The van der Waals surface area contributed by atoms with Crippen LogP contribution in [0.4, 0.5) is 0 Å². The van der Waals surface area contributed by atoms with Crippen LogP contribution < -0.4 is 27.4 Å². The highest BCUT2D eigenvalue weighted by atomic mass is 16.4. The number of fused-ring (bicyclic) bond motifs is 1. The number of carbonyl (C=O) groups is 7. The molecule has 0 spiro atoms. The fraction of sp³-hybridized carbons (Fsp3) is 0.400. The molecular weight excluding hydrogens is 544 g/mol. The predicted octanol–water partition coefficient (Wildman–Crippen LogP) is -1.82. The molecule has 16 nitrogen and oxygen atoms in total. The van der Waals surface area contributed by atoms with Gasteiger partial charge >= 0.3 is 17.9 Å². The van der Waals surface area contributed by atoms with Gasteiger partial charge in [0.2, 0.25) is 23.6 Å². The number of nitrogens with two attached hydrogens (primary N) is 2. The van der Waals surface area contributed by atoms with E-state index in [0.29, 0.717) is 0 Å². The van der Waals surface area contributed by atoms with E-state index >= 15 is 0 Å². The maximum absolute atomic E-state index is 13.0. The van der Waals surface area contributed by atoms with Crippen LogP contribution in [0.1, 0.15) is 37.7 Å². The number of carbonyl (C=O) groups excluding carboxylic acids is 4. The van der Waals surface area contributed by atoms with Gasteiger partial charge in [0.15, 0.2) is 0 Å². The molecule has 4 atom stereocenters. The van der Waals surface area contributed by atoms with Crippen molar-refractivity contribution in [3.05, 3.63) is 36.0 Å². The number of hydrogen-bond acceptors (Lipinski definition) is 8. The Labute approximate surface area is 232 Å². The number of H-pyrrole nitrogens is 1. The van der Waals surface area contributed by atoms with Crippen LogP contribution >= 0.6 is 0 Å². The van der Waals surface area contributed by atoms with E-state index in [9.17, 15) is 38.7 Å². The van der Waals surface area contributed by atoms with Gasteiger partial charge in [-0.3, -0.25) is 28.8 Å². The summed E-state index contributed by atoms with van der Waals surface area (Å²) in [7, 11) is 0. The number of nitrogens with one attached hydrogen (secondary N) is 4. The summed E-state index contributed by atoms with van der Waals surface area (Å²) in [5.74, 6) is -8.19. The van der Waals surface area contributed by atoms with Crippen LogP contribution in [0, 0.1) is 0 Å². The minimum absolute atomic E-state index is 0.0668. The fourth-order valence-corrected chi connectivity index (χ4v) is 3.93. The van der Waals surface area contributed by atoms with Gasteiger partial charge in [0.05, 0.1) is 12.5 Å². The topological polar surface area (TPSA) is 284 Å². The molecule has 0 fully saturated rings. The van der Waals surface area contributed by atoms with Crippen molar-refractivity contribution in [2.45, 2.75) is 62.7 Å². The van der Waals surface area contributed by atoms with Gasteiger partial charge in [0, 0.05) is 29.9 Å². The molecule has 0 aliphatic carbocycles. The van der Waals surface area contributed by atoms with Crippen LogP contribution in [-0.4, -0.2) is 86.0 Å². The lowest BCUT2D eigenvalue weighted by Crippen LogP contribution is -2.58. The normalized spacial score (nSPS) is 13.8. The average Bonchev–Trinajstić information content (AvgIpc) is 3.30. The Morgan fingerprint density at radius 1 is 0.780 bits per heavy atom. The molecule has 11 N–H and O–H groups in total. The number of rotatable bonds is 17.